The second-order valence-corrected chi connectivity index (χ2v) is 5.44. The van der Waals surface area contributed by atoms with Gasteiger partial charge in [-0.05, 0) is 48.9 Å². The summed E-state index contributed by atoms with van der Waals surface area (Å²) < 4.78 is 13.6. The molecule has 0 spiro atoms. The van der Waals surface area contributed by atoms with Gasteiger partial charge in [-0.3, -0.25) is 0 Å². The van der Waals surface area contributed by atoms with Crippen LogP contribution in [0.5, 0.6) is 0 Å². The molecule has 0 bridgehead atoms. The van der Waals surface area contributed by atoms with Crippen LogP contribution in [-0.2, 0) is 6.42 Å². The minimum absolute atomic E-state index is 0.0586. The molecule has 2 rings (SSSR count). The first-order valence-corrected chi connectivity index (χ1v) is 6.74. The van der Waals surface area contributed by atoms with E-state index in [1.54, 1.807) is 12.1 Å². The Kier molecular flexibility index (Phi) is 4.41. The summed E-state index contributed by atoms with van der Waals surface area (Å²) in [5.74, 6) is 0.350. The fourth-order valence-electron chi connectivity index (χ4n) is 2.68. The van der Waals surface area contributed by atoms with Gasteiger partial charge in [-0.15, -0.1) is 0 Å². The maximum Gasteiger partial charge on any atom is 0.126 e. The molecule has 1 atom stereocenters. The highest BCUT2D eigenvalue weighted by Gasteiger charge is 2.21. The topological polar surface area (TPSA) is 26.0 Å². The molecule has 1 unspecified atom stereocenters. The normalized spacial score (nSPS) is 19.2. The summed E-state index contributed by atoms with van der Waals surface area (Å²) in [5, 5.41) is 0.581. The van der Waals surface area contributed by atoms with E-state index in [0.717, 1.165) is 0 Å². The molecule has 0 radical (unpaired) electrons. The van der Waals surface area contributed by atoms with E-state index in [1.165, 1.54) is 38.2 Å². The van der Waals surface area contributed by atoms with Crippen LogP contribution in [0.1, 0.15) is 37.7 Å². The first-order chi connectivity index (χ1) is 8.16. The van der Waals surface area contributed by atoms with Crippen LogP contribution >= 0.6 is 11.6 Å². The Morgan fingerprint density at radius 3 is 2.71 bits per heavy atom. The lowest BCUT2D eigenvalue weighted by Crippen LogP contribution is -2.33. The van der Waals surface area contributed by atoms with Crippen LogP contribution in [-0.4, -0.2) is 6.04 Å². The van der Waals surface area contributed by atoms with Crippen molar-refractivity contribution in [1.29, 1.82) is 0 Å². The maximum atomic E-state index is 13.6. The predicted molar refractivity (Wildman–Crippen MR) is 69.7 cm³/mol. The molecule has 17 heavy (non-hydrogen) atoms. The van der Waals surface area contributed by atoms with E-state index in [2.05, 4.69) is 0 Å². The fourth-order valence-corrected chi connectivity index (χ4v) is 2.88. The van der Waals surface area contributed by atoms with Crippen LogP contribution in [0.2, 0.25) is 5.02 Å². The molecule has 1 fully saturated rings. The molecule has 0 amide bonds. The lowest BCUT2D eigenvalue weighted by Gasteiger charge is -2.27. The van der Waals surface area contributed by atoms with Gasteiger partial charge in [0.15, 0.2) is 0 Å². The molecule has 1 saturated carbocycles. The SMILES string of the molecule is NC(Cc1cc(Cl)ccc1F)C1CCCCC1. The highest BCUT2D eigenvalue weighted by molar-refractivity contribution is 6.30. The molecule has 0 saturated heterocycles. The fraction of sp³-hybridized carbons (Fsp3) is 0.571. The monoisotopic (exact) mass is 255 g/mol. The van der Waals surface area contributed by atoms with Gasteiger partial charge in [0.25, 0.3) is 0 Å². The molecule has 1 aliphatic rings. The predicted octanol–water partition coefficient (Wildman–Crippen LogP) is 3.93. The van der Waals surface area contributed by atoms with Gasteiger partial charge in [-0.25, -0.2) is 4.39 Å². The van der Waals surface area contributed by atoms with Crippen molar-refractivity contribution in [2.45, 2.75) is 44.6 Å². The van der Waals surface area contributed by atoms with Gasteiger partial charge in [0.1, 0.15) is 5.82 Å². The number of halogens is 2. The Morgan fingerprint density at radius 2 is 2.00 bits per heavy atom. The van der Waals surface area contributed by atoms with E-state index in [-0.39, 0.29) is 11.9 Å². The van der Waals surface area contributed by atoms with E-state index in [9.17, 15) is 4.39 Å². The van der Waals surface area contributed by atoms with Crippen molar-refractivity contribution in [1.82, 2.24) is 0 Å². The van der Waals surface area contributed by atoms with Gasteiger partial charge in [0.2, 0.25) is 0 Å². The third-order valence-corrected chi connectivity index (χ3v) is 3.95. The number of rotatable bonds is 3. The Morgan fingerprint density at radius 1 is 1.29 bits per heavy atom. The summed E-state index contributed by atoms with van der Waals surface area (Å²) in [5.41, 5.74) is 6.84. The molecule has 2 N–H and O–H groups in total. The highest BCUT2D eigenvalue weighted by atomic mass is 35.5. The first kappa shape index (κ1) is 12.8. The van der Waals surface area contributed by atoms with Gasteiger partial charge in [0.05, 0.1) is 0 Å². The Labute approximate surface area is 107 Å². The highest BCUT2D eigenvalue weighted by Crippen LogP contribution is 2.27. The first-order valence-electron chi connectivity index (χ1n) is 6.36. The molecule has 0 aliphatic heterocycles. The van der Waals surface area contributed by atoms with Crippen molar-refractivity contribution in [2.75, 3.05) is 0 Å². The van der Waals surface area contributed by atoms with Gasteiger partial charge in [0, 0.05) is 11.1 Å². The zero-order valence-corrected chi connectivity index (χ0v) is 10.7. The van der Waals surface area contributed by atoms with Crippen molar-refractivity contribution < 1.29 is 4.39 Å². The molecule has 1 aromatic carbocycles. The lowest BCUT2D eigenvalue weighted by atomic mass is 9.82. The molecule has 0 heterocycles. The summed E-state index contributed by atoms with van der Waals surface area (Å²) in [6.07, 6.45) is 6.80. The molecule has 94 valence electrons. The molecule has 1 aliphatic carbocycles. The van der Waals surface area contributed by atoms with E-state index in [1.807, 2.05) is 0 Å². The molecular weight excluding hydrogens is 237 g/mol. The van der Waals surface area contributed by atoms with E-state index in [4.69, 9.17) is 17.3 Å². The molecule has 0 aromatic heterocycles. The number of nitrogens with two attached hydrogens (primary N) is 1. The Balaban J connectivity index is 2.01. The molecule has 3 heteroatoms. The van der Waals surface area contributed by atoms with Crippen LogP contribution in [0.25, 0.3) is 0 Å². The summed E-state index contributed by atoms with van der Waals surface area (Å²) in [4.78, 5) is 0. The van der Waals surface area contributed by atoms with Crippen LogP contribution in [0.3, 0.4) is 0 Å². The van der Waals surface area contributed by atoms with Crippen LogP contribution < -0.4 is 5.73 Å². The quantitative estimate of drug-likeness (QED) is 0.870. The van der Waals surface area contributed by atoms with Crippen molar-refractivity contribution >= 4 is 11.6 Å². The van der Waals surface area contributed by atoms with Gasteiger partial charge >= 0.3 is 0 Å². The number of hydrogen-bond donors (Lipinski definition) is 1. The molecular formula is C14H19ClFN. The second kappa shape index (κ2) is 5.83. The summed E-state index contributed by atoms with van der Waals surface area (Å²) in [7, 11) is 0. The standard InChI is InChI=1S/C14H19ClFN/c15-12-6-7-13(16)11(8-12)9-14(17)10-4-2-1-3-5-10/h6-8,10,14H,1-5,9,17H2. The van der Waals surface area contributed by atoms with Crippen molar-refractivity contribution in [2.24, 2.45) is 11.7 Å². The van der Waals surface area contributed by atoms with Crippen molar-refractivity contribution in [3.8, 4) is 0 Å². The summed E-state index contributed by atoms with van der Waals surface area (Å²) in [6.45, 7) is 0. The van der Waals surface area contributed by atoms with Gasteiger partial charge in [-0.2, -0.15) is 0 Å². The van der Waals surface area contributed by atoms with Gasteiger partial charge < -0.3 is 5.73 Å². The average Bonchev–Trinajstić information content (AvgIpc) is 2.35. The van der Waals surface area contributed by atoms with Crippen LogP contribution in [0.4, 0.5) is 4.39 Å². The number of benzene rings is 1. The molecule has 1 aromatic rings. The Bertz CT molecular complexity index is 374. The average molecular weight is 256 g/mol. The summed E-state index contributed by atoms with van der Waals surface area (Å²) >= 11 is 5.88. The smallest absolute Gasteiger partial charge is 0.126 e. The van der Waals surface area contributed by atoms with E-state index >= 15 is 0 Å². The van der Waals surface area contributed by atoms with Gasteiger partial charge in [-0.1, -0.05) is 30.9 Å². The van der Waals surface area contributed by atoms with E-state index in [0.29, 0.717) is 22.9 Å². The zero-order chi connectivity index (χ0) is 12.3. The maximum absolute atomic E-state index is 13.6. The minimum atomic E-state index is -0.194. The summed E-state index contributed by atoms with van der Waals surface area (Å²) in [6, 6.07) is 4.75. The Hall–Kier alpha value is -0.600. The lowest BCUT2D eigenvalue weighted by molar-refractivity contribution is 0.302. The number of hydrogen-bond acceptors (Lipinski definition) is 1. The second-order valence-electron chi connectivity index (χ2n) is 5.00. The van der Waals surface area contributed by atoms with Crippen LogP contribution in [0.15, 0.2) is 18.2 Å². The van der Waals surface area contributed by atoms with E-state index < -0.39 is 0 Å². The third kappa shape index (κ3) is 3.43. The third-order valence-electron chi connectivity index (χ3n) is 3.72. The minimum Gasteiger partial charge on any atom is -0.327 e. The zero-order valence-electron chi connectivity index (χ0n) is 9.96. The van der Waals surface area contributed by atoms with Crippen molar-refractivity contribution in [3.63, 3.8) is 0 Å². The largest absolute Gasteiger partial charge is 0.327 e. The van der Waals surface area contributed by atoms with Crippen molar-refractivity contribution in [3.05, 3.63) is 34.6 Å². The van der Waals surface area contributed by atoms with Crippen LogP contribution in [0, 0.1) is 11.7 Å². The molecule has 1 nitrogen and oxygen atoms in total.